The minimum absolute atomic E-state index is 0.112. The molecule has 3 amide bonds. The molecule has 1 fully saturated rings. The van der Waals surface area contributed by atoms with Gasteiger partial charge < -0.3 is 14.8 Å². The molecule has 1 aliphatic rings. The second-order valence-corrected chi connectivity index (χ2v) is 6.62. The molecule has 1 aliphatic carbocycles. The zero-order chi connectivity index (χ0) is 19.6. The number of para-hydroxylation sites is 1. The van der Waals surface area contributed by atoms with Gasteiger partial charge >= 0.3 is 12.0 Å². The highest BCUT2D eigenvalue weighted by atomic mass is 16.5. The van der Waals surface area contributed by atoms with Crippen molar-refractivity contribution in [2.24, 2.45) is 0 Å². The lowest BCUT2D eigenvalue weighted by Crippen LogP contribution is -2.47. The average Bonchev–Trinajstić information content (AvgIpc) is 3.14. The number of urea groups is 1. The van der Waals surface area contributed by atoms with Crippen LogP contribution in [0.5, 0.6) is 5.75 Å². The molecule has 0 aliphatic heterocycles. The van der Waals surface area contributed by atoms with E-state index in [1.54, 1.807) is 0 Å². The number of hydrogen-bond donors (Lipinski definition) is 2. The van der Waals surface area contributed by atoms with Gasteiger partial charge in [-0.15, -0.1) is 0 Å². The van der Waals surface area contributed by atoms with Gasteiger partial charge in [0.15, 0.2) is 6.10 Å². The predicted molar refractivity (Wildman–Crippen MR) is 100 cm³/mol. The molecule has 2 rings (SSSR count). The SMILES string of the molecule is CCOc1ccccc1CCC(=O)O[C@@H](C)C(=O)NC(=O)NC1CCCC1. The number of aryl methyl sites for hydroxylation is 1. The third-order valence-corrected chi connectivity index (χ3v) is 4.48. The van der Waals surface area contributed by atoms with Gasteiger partial charge in [-0.3, -0.25) is 14.9 Å². The maximum Gasteiger partial charge on any atom is 0.321 e. The summed E-state index contributed by atoms with van der Waals surface area (Å²) in [5.74, 6) is -0.393. The molecule has 0 aromatic heterocycles. The molecule has 0 spiro atoms. The van der Waals surface area contributed by atoms with Crippen LogP contribution in [-0.2, 0) is 20.7 Å². The maximum atomic E-state index is 12.0. The van der Waals surface area contributed by atoms with Gasteiger partial charge in [-0.1, -0.05) is 31.0 Å². The minimum Gasteiger partial charge on any atom is -0.494 e. The number of benzene rings is 1. The number of carbonyl (C=O) groups excluding carboxylic acids is 3. The van der Waals surface area contributed by atoms with Gasteiger partial charge in [0.05, 0.1) is 6.61 Å². The van der Waals surface area contributed by atoms with Crippen molar-refractivity contribution in [3.8, 4) is 5.75 Å². The van der Waals surface area contributed by atoms with Gasteiger partial charge in [0.2, 0.25) is 0 Å². The topological polar surface area (TPSA) is 93.7 Å². The zero-order valence-electron chi connectivity index (χ0n) is 16.0. The standard InChI is InChI=1S/C20H28N2O5/c1-3-26-17-11-7-4-8-15(17)12-13-18(23)27-14(2)19(24)22-20(25)21-16-9-5-6-10-16/h4,7-8,11,14,16H,3,5-6,9-10,12-13H2,1-2H3,(H2,21,22,24,25)/t14-/m0/s1. The summed E-state index contributed by atoms with van der Waals surface area (Å²) in [4.78, 5) is 35.8. The second kappa shape index (κ2) is 10.5. The molecule has 148 valence electrons. The van der Waals surface area contributed by atoms with Crippen LogP contribution in [-0.4, -0.2) is 36.7 Å². The van der Waals surface area contributed by atoms with E-state index in [2.05, 4.69) is 10.6 Å². The smallest absolute Gasteiger partial charge is 0.321 e. The van der Waals surface area contributed by atoms with Crippen molar-refractivity contribution in [1.82, 2.24) is 10.6 Å². The Balaban J connectivity index is 1.74. The van der Waals surface area contributed by atoms with Crippen molar-refractivity contribution in [1.29, 1.82) is 0 Å². The first-order chi connectivity index (χ1) is 13.0. The Morgan fingerprint density at radius 1 is 1.19 bits per heavy atom. The highest BCUT2D eigenvalue weighted by Gasteiger charge is 2.22. The van der Waals surface area contributed by atoms with Crippen LogP contribution >= 0.6 is 0 Å². The lowest BCUT2D eigenvalue weighted by Gasteiger charge is -2.16. The van der Waals surface area contributed by atoms with E-state index in [1.807, 2.05) is 31.2 Å². The van der Waals surface area contributed by atoms with Gasteiger partial charge in [0.1, 0.15) is 5.75 Å². The fraction of sp³-hybridized carbons (Fsp3) is 0.550. The summed E-state index contributed by atoms with van der Waals surface area (Å²) in [5, 5.41) is 4.98. The molecule has 0 radical (unpaired) electrons. The number of esters is 1. The van der Waals surface area contributed by atoms with Crippen molar-refractivity contribution in [2.45, 2.75) is 64.5 Å². The summed E-state index contributed by atoms with van der Waals surface area (Å²) in [7, 11) is 0. The highest BCUT2D eigenvalue weighted by Crippen LogP contribution is 2.20. The molecule has 0 heterocycles. The fourth-order valence-corrected chi connectivity index (χ4v) is 3.06. The first-order valence-electron chi connectivity index (χ1n) is 9.51. The Morgan fingerprint density at radius 2 is 1.89 bits per heavy atom. The first kappa shape index (κ1) is 20.7. The maximum absolute atomic E-state index is 12.0. The summed E-state index contributed by atoms with van der Waals surface area (Å²) >= 11 is 0. The van der Waals surface area contributed by atoms with Crippen molar-refractivity contribution >= 4 is 17.9 Å². The summed E-state index contributed by atoms with van der Waals surface area (Å²) in [5.41, 5.74) is 0.907. The van der Waals surface area contributed by atoms with Crippen molar-refractivity contribution in [3.05, 3.63) is 29.8 Å². The van der Waals surface area contributed by atoms with Crippen molar-refractivity contribution < 1.29 is 23.9 Å². The van der Waals surface area contributed by atoms with Crippen molar-refractivity contribution in [2.75, 3.05) is 6.61 Å². The summed E-state index contributed by atoms with van der Waals surface area (Å²) in [6, 6.07) is 7.06. The van der Waals surface area contributed by atoms with E-state index >= 15 is 0 Å². The number of ether oxygens (including phenoxy) is 2. The zero-order valence-corrected chi connectivity index (χ0v) is 16.0. The van der Waals surface area contributed by atoms with E-state index in [1.165, 1.54) is 6.92 Å². The molecule has 0 bridgehead atoms. The van der Waals surface area contributed by atoms with E-state index in [0.717, 1.165) is 37.0 Å². The van der Waals surface area contributed by atoms with Gasteiger partial charge in [0, 0.05) is 12.5 Å². The molecule has 1 atom stereocenters. The summed E-state index contributed by atoms with van der Waals surface area (Å²) in [6.45, 7) is 3.89. The van der Waals surface area contributed by atoms with Crippen LogP contribution in [0, 0.1) is 0 Å². The Morgan fingerprint density at radius 3 is 2.59 bits per heavy atom. The molecule has 0 saturated heterocycles. The van der Waals surface area contributed by atoms with Gasteiger partial charge in [0.25, 0.3) is 5.91 Å². The van der Waals surface area contributed by atoms with Crippen LogP contribution in [0.25, 0.3) is 0 Å². The molecular formula is C20H28N2O5. The van der Waals surface area contributed by atoms with Gasteiger partial charge in [-0.2, -0.15) is 0 Å². The second-order valence-electron chi connectivity index (χ2n) is 6.62. The number of nitrogens with one attached hydrogen (secondary N) is 2. The highest BCUT2D eigenvalue weighted by molar-refractivity contribution is 5.97. The number of amides is 3. The molecular weight excluding hydrogens is 348 g/mol. The summed E-state index contributed by atoms with van der Waals surface area (Å²) in [6.07, 6.45) is 3.55. The minimum atomic E-state index is -1.03. The number of rotatable bonds is 8. The van der Waals surface area contributed by atoms with Crippen LogP contribution in [0.4, 0.5) is 4.79 Å². The molecule has 1 saturated carbocycles. The van der Waals surface area contributed by atoms with E-state index in [9.17, 15) is 14.4 Å². The van der Waals surface area contributed by atoms with Crippen LogP contribution in [0.3, 0.4) is 0 Å². The van der Waals surface area contributed by atoms with Crippen LogP contribution < -0.4 is 15.4 Å². The predicted octanol–water partition coefficient (Wildman–Crippen LogP) is 2.72. The Bertz CT molecular complexity index is 656. The normalized spacial score (nSPS) is 15.0. The quantitative estimate of drug-likeness (QED) is 0.681. The Labute approximate surface area is 159 Å². The third-order valence-electron chi connectivity index (χ3n) is 4.48. The molecule has 7 heteroatoms. The van der Waals surface area contributed by atoms with Gasteiger partial charge in [-0.25, -0.2) is 4.79 Å². The summed E-state index contributed by atoms with van der Waals surface area (Å²) < 4.78 is 10.7. The molecule has 27 heavy (non-hydrogen) atoms. The molecule has 0 unspecified atom stereocenters. The van der Waals surface area contributed by atoms with E-state index in [-0.39, 0.29) is 12.5 Å². The number of imide groups is 1. The Kier molecular flexibility index (Phi) is 8.10. The third kappa shape index (κ3) is 6.92. The number of hydrogen-bond acceptors (Lipinski definition) is 5. The average molecular weight is 376 g/mol. The van der Waals surface area contributed by atoms with E-state index in [0.29, 0.717) is 13.0 Å². The molecule has 1 aromatic rings. The van der Waals surface area contributed by atoms with Crippen LogP contribution in [0.15, 0.2) is 24.3 Å². The van der Waals surface area contributed by atoms with Crippen molar-refractivity contribution in [3.63, 3.8) is 0 Å². The van der Waals surface area contributed by atoms with E-state index in [4.69, 9.17) is 9.47 Å². The lowest BCUT2D eigenvalue weighted by atomic mass is 10.1. The first-order valence-corrected chi connectivity index (χ1v) is 9.51. The van der Waals surface area contributed by atoms with E-state index < -0.39 is 24.0 Å². The Hall–Kier alpha value is -2.57. The monoisotopic (exact) mass is 376 g/mol. The largest absolute Gasteiger partial charge is 0.494 e. The molecule has 7 nitrogen and oxygen atoms in total. The van der Waals surface area contributed by atoms with Gasteiger partial charge in [-0.05, 0) is 44.7 Å². The van der Waals surface area contributed by atoms with Crippen LogP contribution in [0.1, 0.15) is 51.5 Å². The molecule has 2 N–H and O–H groups in total. The van der Waals surface area contributed by atoms with Crippen LogP contribution in [0.2, 0.25) is 0 Å². The molecule has 1 aromatic carbocycles. The lowest BCUT2D eigenvalue weighted by molar-refractivity contribution is -0.154. The fourth-order valence-electron chi connectivity index (χ4n) is 3.06. The number of carbonyl (C=O) groups is 3.